The van der Waals surface area contributed by atoms with E-state index in [-0.39, 0.29) is 6.42 Å². The molecule has 1 unspecified atom stereocenters. The molecule has 13 heavy (non-hydrogen) atoms. The molecule has 1 aliphatic rings. The highest BCUT2D eigenvalue weighted by Crippen LogP contribution is 2.34. The number of aldehydes is 1. The summed E-state index contributed by atoms with van der Waals surface area (Å²) in [6.45, 7) is 1.00. The van der Waals surface area contributed by atoms with E-state index >= 15 is 0 Å². The van der Waals surface area contributed by atoms with Crippen molar-refractivity contribution in [3.8, 4) is 0 Å². The molecule has 1 rings (SSSR count). The van der Waals surface area contributed by atoms with Crippen molar-refractivity contribution in [1.29, 1.82) is 0 Å². The molecule has 1 heterocycles. The van der Waals surface area contributed by atoms with Gasteiger partial charge in [0.2, 0.25) is 6.43 Å². The van der Waals surface area contributed by atoms with E-state index in [0.717, 1.165) is 0 Å². The molecule has 0 aromatic rings. The van der Waals surface area contributed by atoms with Gasteiger partial charge in [0, 0.05) is 25.0 Å². The zero-order chi connectivity index (χ0) is 9.73. The molecule has 1 fully saturated rings. The highest BCUT2D eigenvalue weighted by molar-refractivity contribution is 5.59. The number of halogens is 2. The maximum absolute atomic E-state index is 12.2. The van der Waals surface area contributed by atoms with Crippen LogP contribution < -0.4 is 0 Å². The fraction of sp³-hybridized carbons (Fsp3) is 0.889. The first-order valence-corrected chi connectivity index (χ1v) is 4.51. The minimum absolute atomic E-state index is 0.320. The number of ether oxygens (including phenoxy) is 1. The summed E-state index contributed by atoms with van der Waals surface area (Å²) >= 11 is 0. The quantitative estimate of drug-likeness (QED) is 0.639. The van der Waals surface area contributed by atoms with Gasteiger partial charge >= 0.3 is 0 Å². The minimum atomic E-state index is -2.40. The summed E-state index contributed by atoms with van der Waals surface area (Å²) in [4.78, 5) is 10.8. The van der Waals surface area contributed by atoms with Gasteiger partial charge in [-0.2, -0.15) is 0 Å². The Hall–Kier alpha value is -0.510. The van der Waals surface area contributed by atoms with Crippen molar-refractivity contribution < 1.29 is 18.3 Å². The van der Waals surface area contributed by atoms with Crippen LogP contribution in [0.4, 0.5) is 8.78 Å². The molecule has 0 radical (unpaired) electrons. The molecule has 2 nitrogen and oxygen atoms in total. The summed E-state index contributed by atoms with van der Waals surface area (Å²) in [5.41, 5.74) is -0.829. The van der Waals surface area contributed by atoms with Crippen molar-refractivity contribution in [3.05, 3.63) is 0 Å². The Labute approximate surface area is 76.3 Å². The number of alkyl halides is 2. The van der Waals surface area contributed by atoms with Gasteiger partial charge in [-0.05, 0) is 19.3 Å². The third-order valence-corrected chi connectivity index (χ3v) is 2.52. The Bertz CT molecular complexity index is 163. The summed E-state index contributed by atoms with van der Waals surface area (Å²) in [6.07, 6.45) is -0.371. The summed E-state index contributed by atoms with van der Waals surface area (Å²) in [5.74, 6) is 0. The van der Waals surface area contributed by atoms with Gasteiger partial charge in [-0.3, -0.25) is 0 Å². The molecule has 76 valence electrons. The Balaban J connectivity index is 2.59. The second-order valence-electron chi connectivity index (χ2n) is 3.54. The fourth-order valence-electron chi connectivity index (χ4n) is 1.71. The molecule has 1 saturated heterocycles. The van der Waals surface area contributed by atoms with Crippen LogP contribution in [-0.2, 0) is 9.53 Å². The first-order chi connectivity index (χ1) is 6.18. The summed E-state index contributed by atoms with van der Waals surface area (Å²) in [6, 6.07) is 0. The molecule has 0 saturated carbocycles. The second kappa shape index (κ2) is 4.65. The van der Waals surface area contributed by atoms with E-state index in [1.165, 1.54) is 0 Å². The summed E-state index contributed by atoms with van der Waals surface area (Å²) in [5, 5.41) is 0. The maximum atomic E-state index is 12.2. The lowest BCUT2D eigenvalue weighted by Crippen LogP contribution is -2.26. The Morgan fingerprint density at radius 2 is 2.15 bits per heavy atom. The predicted molar refractivity (Wildman–Crippen MR) is 43.8 cm³/mol. The van der Waals surface area contributed by atoms with Crippen LogP contribution in [0, 0.1) is 5.41 Å². The Morgan fingerprint density at radius 3 is 2.77 bits per heavy atom. The zero-order valence-corrected chi connectivity index (χ0v) is 7.47. The van der Waals surface area contributed by atoms with Gasteiger partial charge in [0.15, 0.2) is 0 Å². The van der Waals surface area contributed by atoms with Crippen LogP contribution in [0.1, 0.15) is 25.7 Å². The lowest BCUT2D eigenvalue weighted by molar-refractivity contribution is -0.119. The molecule has 0 aromatic carbocycles. The van der Waals surface area contributed by atoms with Crippen LogP contribution >= 0.6 is 0 Å². The average Bonchev–Trinajstić information content (AvgIpc) is 2.30. The molecule has 0 N–H and O–H groups in total. The van der Waals surface area contributed by atoms with Crippen LogP contribution in [0.2, 0.25) is 0 Å². The third-order valence-electron chi connectivity index (χ3n) is 2.52. The topological polar surface area (TPSA) is 26.3 Å². The SMILES string of the molecule is O=CC1(CC(F)F)CCCOCC1. The van der Waals surface area contributed by atoms with E-state index < -0.39 is 11.8 Å². The smallest absolute Gasteiger partial charge is 0.239 e. The fourth-order valence-corrected chi connectivity index (χ4v) is 1.71. The van der Waals surface area contributed by atoms with Crippen molar-refractivity contribution in [1.82, 2.24) is 0 Å². The highest BCUT2D eigenvalue weighted by atomic mass is 19.3. The van der Waals surface area contributed by atoms with Gasteiger partial charge in [0.25, 0.3) is 0 Å². The van der Waals surface area contributed by atoms with Gasteiger partial charge in [-0.15, -0.1) is 0 Å². The van der Waals surface area contributed by atoms with Crippen molar-refractivity contribution in [2.24, 2.45) is 5.41 Å². The van der Waals surface area contributed by atoms with Crippen molar-refractivity contribution in [2.75, 3.05) is 13.2 Å². The molecular weight excluding hydrogens is 178 g/mol. The van der Waals surface area contributed by atoms with Crippen LogP contribution in [-0.4, -0.2) is 25.9 Å². The van der Waals surface area contributed by atoms with E-state index in [0.29, 0.717) is 38.8 Å². The molecule has 0 aromatic heterocycles. The molecule has 0 amide bonds. The second-order valence-corrected chi connectivity index (χ2v) is 3.54. The molecule has 1 atom stereocenters. The van der Waals surface area contributed by atoms with E-state index in [1.54, 1.807) is 0 Å². The van der Waals surface area contributed by atoms with Gasteiger partial charge in [0.05, 0.1) is 0 Å². The van der Waals surface area contributed by atoms with Gasteiger partial charge in [0.1, 0.15) is 6.29 Å². The molecule has 0 bridgehead atoms. The molecule has 4 heteroatoms. The molecule has 0 spiro atoms. The third kappa shape index (κ3) is 3.03. The predicted octanol–water partition coefficient (Wildman–Crippen LogP) is 2.03. The van der Waals surface area contributed by atoms with Crippen LogP contribution in [0.5, 0.6) is 0 Å². The number of hydrogen-bond acceptors (Lipinski definition) is 2. The number of carbonyl (C=O) groups excluding carboxylic acids is 1. The largest absolute Gasteiger partial charge is 0.381 e. The maximum Gasteiger partial charge on any atom is 0.239 e. The van der Waals surface area contributed by atoms with Crippen LogP contribution in [0.15, 0.2) is 0 Å². The van der Waals surface area contributed by atoms with Crippen molar-refractivity contribution in [2.45, 2.75) is 32.1 Å². The van der Waals surface area contributed by atoms with E-state index in [1.807, 2.05) is 0 Å². The van der Waals surface area contributed by atoms with Crippen molar-refractivity contribution in [3.63, 3.8) is 0 Å². The lowest BCUT2D eigenvalue weighted by Gasteiger charge is -2.24. The lowest BCUT2D eigenvalue weighted by atomic mass is 9.79. The van der Waals surface area contributed by atoms with E-state index in [2.05, 4.69) is 0 Å². The highest BCUT2D eigenvalue weighted by Gasteiger charge is 2.33. The Morgan fingerprint density at radius 1 is 1.38 bits per heavy atom. The molecule has 0 aliphatic carbocycles. The average molecular weight is 192 g/mol. The van der Waals surface area contributed by atoms with E-state index in [9.17, 15) is 13.6 Å². The normalized spacial score (nSPS) is 30.1. The van der Waals surface area contributed by atoms with Gasteiger partial charge < -0.3 is 9.53 Å². The summed E-state index contributed by atoms with van der Waals surface area (Å²) < 4.78 is 29.5. The number of hydrogen-bond donors (Lipinski definition) is 0. The molecule has 1 aliphatic heterocycles. The van der Waals surface area contributed by atoms with Crippen molar-refractivity contribution >= 4 is 6.29 Å². The minimum Gasteiger partial charge on any atom is -0.381 e. The summed E-state index contributed by atoms with van der Waals surface area (Å²) in [7, 11) is 0. The molecular formula is C9H14F2O2. The van der Waals surface area contributed by atoms with Gasteiger partial charge in [-0.1, -0.05) is 0 Å². The monoisotopic (exact) mass is 192 g/mol. The zero-order valence-electron chi connectivity index (χ0n) is 7.47. The Kier molecular flexibility index (Phi) is 3.78. The first-order valence-electron chi connectivity index (χ1n) is 4.51. The van der Waals surface area contributed by atoms with E-state index in [4.69, 9.17) is 4.74 Å². The van der Waals surface area contributed by atoms with Crippen LogP contribution in [0.3, 0.4) is 0 Å². The first kappa shape index (κ1) is 10.6. The van der Waals surface area contributed by atoms with Crippen LogP contribution in [0.25, 0.3) is 0 Å². The van der Waals surface area contributed by atoms with Gasteiger partial charge in [-0.25, -0.2) is 8.78 Å². The number of carbonyl (C=O) groups is 1. The number of rotatable bonds is 3. The standard InChI is InChI=1S/C9H14F2O2/c10-8(11)6-9(7-12)2-1-4-13-5-3-9/h7-8H,1-6H2.